The second-order valence-electron chi connectivity index (χ2n) is 7.32. The molecular weight excluding hydrogens is 388 g/mol. The summed E-state index contributed by atoms with van der Waals surface area (Å²) in [6.07, 6.45) is 0. The Bertz CT molecular complexity index is 922. The summed E-state index contributed by atoms with van der Waals surface area (Å²) >= 11 is 0. The number of hydrogen-bond donors (Lipinski definition) is 1. The van der Waals surface area contributed by atoms with Crippen molar-refractivity contribution in [1.82, 2.24) is 10.2 Å². The molecule has 1 N–H and O–H groups in total. The van der Waals surface area contributed by atoms with Gasteiger partial charge in [0.15, 0.2) is 0 Å². The molecule has 1 atom stereocenters. The molecule has 0 unspecified atom stereocenters. The number of amides is 2. The number of rotatable bonds is 9. The maximum atomic E-state index is 13.2. The summed E-state index contributed by atoms with van der Waals surface area (Å²) in [4.78, 5) is 27.8. The fraction of sp³-hybridized carbons (Fsp3) is 0.231. The van der Waals surface area contributed by atoms with Crippen molar-refractivity contribution in [1.29, 1.82) is 0 Å². The molecule has 0 aliphatic rings. The molecule has 3 aromatic carbocycles. The summed E-state index contributed by atoms with van der Waals surface area (Å²) < 4.78 is 5.38. The fourth-order valence-electron chi connectivity index (χ4n) is 3.71. The lowest BCUT2D eigenvalue weighted by atomic mass is 9.95. The first-order valence-corrected chi connectivity index (χ1v) is 10.3. The van der Waals surface area contributed by atoms with E-state index in [9.17, 15) is 9.59 Å². The fourth-order valence-corrected chi connectivity index (χ4v) is 3.71. The Labute approximate surface area is 183 Å². The van der Waals surface area contributed by atoms with Gasteiger partial charge in [-0.1, -0.05) is 91.0 Å². The van der Waals surface area contributed by atoms with Crippen LogP contribution in [0.5, 0.6) is 0 Å². The van der Waals surface area contributed by atoms with Gasteiger partial charge in [0.2, 0.25) is 11.8 Å². The van der Waals surface area contributed by atoms with E-state index >= 15 is 0 Å². The third kappa shape index (κ3) is 5.80. The summed E-state index contributed by atoms with van der Waals surface area (Å²) in [5.74, 6) is -0.451. The molecule has 3 rings (SSSR count). The Morgan fingerprint density at radius 1 is 0.839 bits per heavy atom. The monoisotopic (exact) mass is 416 g/mol. The maximum absolute atomic E-state index is 13.2. The molecule has 3 aromatic rings. The highest BCUT2D eigenvalue weighted by atomic mass is 16.5. The van der Waals surface area contributed by atoms with Crippen LogP contribution in [0.3, 0.4) is 0 Å². The SMILES string of the molecule is COC[C@H](C(=O)NCc1ccccc1)N(C(C)=O)C(c1ccccc1)c1ccccc1. The zero-order chi connectivity index (χ0) is 22.1. The maximum Gasteiger partial charge on any atom is 0.245 e. The molecule has 0 bridgehead atoms. The van der Waals surface area contributed by atoms with Crippen LogP contribution >= 0.6 is 0 Å². The number of carbonyl (C=O) groups is 2. The van der Waals surface area contributed by atoms with Crippen LogP contribution < -0.4 is 5.32 Å². The average molecular weight is 417 g/mol. The van der Waals surface area contributed by atoms with Crippen molar-refractivity contribution in [2.75, 3.05) is 13.7 Å². The number of nitrogens with one attached hydrogen (secondary N) is 1. The van der Waals surface area contributed by atoms with Crippen LogP contribution in [0, 0.1) is 0 Å². The summed E-state index contributed by atoms with van der Waals surface area (Å²) in [7, 11) is 1.54. The molecule has 0 fully saturated rings. The number of benzene rings is 3. The lowest BCUT2D eigenvalue weighted by molar-refractivity contribution is -0.143. The van der Waals surface area contributed by atoms with Gasteiger partial charge < -0.3 is 15.0 Å². The minimum atomic E-state index is -0.781. The Morgan fingerprint density at radius 2 is 1.32 bits per heavy atom. The molecule has 0 aliphatic carbocycles. The molecular formula is C26H28N2O3. The standard InChI is InChI=1S/C26H28N2O3/c1-20(29)28(24(19-31-2)26(30)27-18-21-12-6-3-7-13-21)25(22-14-8-4-9-15-22)23-16-10-5-11-17-23/h3-17,24-25H,18-19H2,1-2H3,(H,27,30)/t24-/m1/s1. The summed E-state index contributed by atoms with van der Waals surface area (Å²) in [5.41, 5.74) is 2.85. The molecule has 160 valence electrons. The van der Waals surface area contributed by atoms with E-state index in [4.69, 9.17) is 4.74 Å². The van der Waals surface area contributed by atoms with E-state index < -0.39 is 12.1 Å². The Morgan fingerprint density at radius 3 is 1.77 bits per heavy atom. The zero-order valence-electron chi connectivity index (χ0n) is 17.9. The summed E-state index contributed by atoms with van der Waals surface area (Å²) in [6.45, 7) is 1.97. The van der Waals surface area contributed by atoms with E-state index in [-0.39, 0.29) is 18.4 Å². The van der Waals surface area contributed by atoms with Gasteiger partial charge in [0.05, 0.1) is 12.6 Å². The van der Waals surface area contributed by atoms with Crippen LogP contribution in [0.2, 0.25) is 0 Å². The van der Waals surface area contributed by atoms with Gasteiger partial charge in [-0.15, -0.1) is 0 Å². The van der Waals surface area contributed by atoms with Gasteiger partial charge in [-0.25, -0.2) is 0 Å². The highest BCUT2D eigenvalue weighted by Crippen LogP contribution is 2.30. The molecule has 0 radical (unpaired) electrons. The molecule has 5 nitrogen and oxygen atoms in total. The molecule has 0 spiro atoms. The quantitative estimate of drug-likeness (QED) is 0.575. The second-order valence-corrected chi connectivity index (χ2v) is 7.32. The van der Waals surface area contributed by atoms with Crippen molar-refractivity contribution in [3.63, 3.8) is 0 Å². The van der Waals surface area contributed by atoms with E-state index in [1.54, 1.807) is 4.90 Å². The van der Waals surface area contributed by atoms with Crippen LogP contribution in [0.4, 0.5) is 0 Å². The lowest BCUT2D eigenvalue weighted by Gasteiger charge is -2.37. The number of hydrogen-bond acceptors (Lipinski definition) is 3. The largest absolute Gasteiger partial charge is 0.382 e. The van der Waals surface area contributed by atoms with E-state index in [0.717, 1.165) is 16.7 Å². The van der Waals surface area contributed by atoms with Crippen LogP contribution in [-0.2, 0) is 20.9 Å². The summed E-state index contributed by atoms with van der Waals surface area (Å²) in [6, 6.07) is 28.0. The van der Waals surface area contributed by atoms with Gasteiger partial charge in [-0.2, -0.15) is 0 Å². The molecule has 0 saturated carbocycles. The van der Waals surface area contributed by atoms with Crippen molar-refractivity contribution in [2.24, 2.45) is 0 Å². The third-order valence-electron chi connectivity index (χ3n) is 5.14. The first-order chi connectivity index (χ1) is 15.1. The third-order valence-corrected chi connectivity index (χ3v) is 5.14. The molecule has 0 aromatic heterocycles. The van der Waals surface area contributed by atoms with Crippen LogP contribution in [0.1, 0.15) is 29.7 Å². The van der Waals surface area contributed by atoms with Gasteiger partial charge in [-0.3, -0.25) is 9.59 Å². The van der Waals surface area contributed by atoms with Crippen molar-refractivity contribution < 1.29 is 14.3 Å². The summed E-state index contributed by atoms with van der Waals surface area (Å²) in [5, 5.41) is 2.96. The normalized spacial score (nSPS) is 11.7. The predicted octanol–water partition coefficient (Wildman–Crippen LogP) is 3.96. The second kappa shape index (κ2) is 11.1. The first kappa shape index (κ1) is 22.2. The van der Waals surface area contributed by atoms with Crippen molar-refractivity contribution in [3.05, 3.63) is 108 Å². The van der Waals surface area contributed by atoms with Gasteiger partial charge in [0, 0.05) is 20.6 Å². The number of ether oxygens (including phenoxy) is 1. The van der Waals surface area contributed by atoms with E-state index in [0.29, 0.717) is 6.54 Å². The van der Waals surface area contributed by atoms with Crippen molar-refractivity contribution in [2.45, 2.75) is 25.6 Å². The van der Waals surface area contributed by atoms with Gasteiger partial charge in [0.25, 0.3) is 0 Å². The van der Waals surface area contributed by atoms with Crippen LogP contribution in [0.25, 0.3) is 0 Å². The average Bonchev–Trinajstić information content (AvgIpc) is 2.81. The Hall–Kier alpha value is -3.44. The Balaban J connectivity index is 1.95. The van der Waals surface area contributed by atoms with E-state index in [2.05, 4.69) is 5.32 Å². The molecule has 5 heteroatoms. The van der Waals surface area contributed by atoms with Gasteiger partial charge in [0.1, 0.15) is 6.04 Å². The van der Waals surface area contributed by atoms with E-state index in [1.807, 2.05) is 91.0 Å². The zero-order valence-corrected chi connectivity index (χ0v) is 17.9. The van der Waals surface area contributed by atoms with Crippen molar-refractivity contribution >= 4 is 11.8 Å². The van der Waals surface area contributed by atoms with Gasteiger partial charge in [-0.05, 0) is 16.7 Å². The molecule has 0 saturated heterocycles. The molecule has 0 heterocycles. The smallest absolute Gasteiger partial charge is 0.245 e. The molecule has 31 heavy (non-hydrogen) atoms. The van der Waals surface area contributed by atoms with Crippen molar-refractivity contribution in [3.8, 4) is 0 Å². The van der Waals surface area contributed by atoms with Crippen LogP contribution in [-0.4, -0.2) is 36.5 Å². The Kier molecular flexibility index (Phi) is 7.96. The highest BCUT2D eigenvalue weighted by Gasteiger charge is 2.35. The van der Waals surface area contributed by atoms with Crippen LogP contribution in [0.15, 0.2) is 91.0 Å². The highest BCUT2D eigenvalue weighted by molar-refractivity contribution is 5.87. The number of carbonyl (C=O) groups excluding carboxylic acids is 2. The number of nitrogens with zero attached hydrogens (tertiary/aromatic N) is 1. The minimum Gasteiger partial charge on any atom is -0.382 e. The molecule has 2 amide bonds. The van der Waals surface area contributed by atoms with E-state index in [1.165, 1.54) is 14.0 Å². The lowest BCUT2D eigenvalue weighted by Crippen LogP contribution is -2.52. The number of methoxy groups -OCH3 is 1. The van der Waals surface area contributed by atoms with Gasteiger partial charge >= 0.3 is 0 Å². The minimum absolute atomic E-state index is 0.0936. The predicted molar refractivity (Wildman–Crippen MR) is 121 cm³/mol. The topological polar surface area (TPSA) is 58.6 Å². The first-order valence-electron chi connectivity index (χ1n) is 10.3. The molecule has 0 aliphatic heterocycles.